The van der Waals surface area contributed by atoms with Crippen molar-refractivity contribution >= 4 is 19.8 Å². The first-order chi connectivity index (χ1) is 29.2. The van der Waals surface area contributed by atoms with Gasteiger partial charge >= 0.3 is 19.8 Å². The van der Waals surface area contributed by atoms with Gasteiger partial charge in [0, 0.05) is 19.4 Å². The van der Waals surface area contributed by atoms with Crippen LogP contribution in [-0.2, 0) is 32.7 Å². The molecular weight excluding hydrogens is 778 g/mol. The van der Waals surface area contributed by atoms with Gasteiger partial charge in [0.1, 0.15) is 6.61 Å². The van der Waals surface area contributed by atoms with Crippen molar-refractivity contribution < 1.29 is 42.7 Å². The molecule has 4 N–H and O–H groups in total. The van der Waals surface area contributed by atoms with Crippen LogP contribution >= 0.6 is 7.82 Å². The van der Waals surface area contributed by atoms with E-state index in [-0.39, 0.29) is 32.6 Å². The molecule has 0 radical (unpaired) electrons. The zero-order valence-corrected chi connectivity index (χ0v) is 38.4. The fourth-order valence-corrected chi connectivity index (χ4v) is 6.68. The smallest absolute Gasteiger partial charge is 0.462 e. The molecular formula is C49H84NO9P. The van der Waals surface area contributed by atoms with Crippen molar-refractivity contribution in [3.63, 3.8) is 0 Å². The summed E-state index contributed by atoms with van der Waals surface area (Å²) in [6, 6.07) is 0. The molecule has 0 aliphatic heterocycles. The Hall–Kier alpha value is -2.85. The van der Waals surface area contributed by atoms with Crippen LogP contribution in [0.25, 0.3) is 0 Å². The fourth-order valence-electron chi connectivity index (χ4n) is 5.92. The molecule has 11 heteroatoms. The number of aliphatic hydroxyl groups excluding tert-OH is 1. The molecule has 2 unspecified atom stereocenters. The van der Waals surface area contributed by atoms with Gasteiger partial charge in [-0.25, -0.2) is 4.57 Å². The number of rotatable bonds is 42. The van der Waals surface area contributed by atoms with E-state index in [1.54, 1.807) is 18.2 Å². The molecule has 0 aromatic heterocycles. The lowest BCUT2D eigenvalue weighted by Gasteiger charge is -2.19. The van der Waals surface area contributed by atoms with E-state index in [0.29, 0.717) is 19.3 Å². The Morgan fingerprint density at radius 1 is 0.600 bits per heavy atom. The lowest BCUT2D eigenvalue weighted by molar-refractivity contribution is -0.161. The number of ether oxygens (including phenoxy) is 2. The molecule has 0 aliphatic rings. The van der Waals surface area contributed by atoms with Crippen molar-refractivity contribution in [1.82, 2.24) is 0 Å². The molecule has 0 saturated heterocycles. The molecule has 0 aromatic carbocycles. The van der Waals surface area contributed by atoms with E-state index in [1.165, 1.54) is 83.5 Å². The van der Waals surface area contributed by atoms with Crippen LogP contribution in [0.1, 0.15) is 174 Å². The number of hydrogen-bond acceptors (Lipinski definition) is 9. The summed E-state index contributed by atoms with van der Waals surface area (Å²) < 4.78 is 32.7. The van der Waals surface area contributed by atoms with Gasteiger partial charge in [-0.3, -0.25) is 18.6 Å². The Morgan fingerprint density at radius 3 is 1.75 bits per heavy atom. The summed E-state index contributed by atoms with van der Waals surface area (Å²) in [6.07, 6.45) is 52.2. The first kappa shape index (κ1) is 57.1. The number of phosphoric acid groups is 1. The van der Waals surface area contributed by atoms with Gasteiger partial charge in [0.2, 0.25) is 0 Å². The average molecular weight is 862 g/mol. The third-order valence-corrected chi connectivity index (χ3v) is 10.3. The summed E-state index contributed by atoms with van der Waals surface area (Å²) in [5, 5.41) is 10.2. The Balaban J connectivity index is 4.33. The van der Waals surface area contributed by atoms with Gasteiger partial charge in [0.05, 0.1) is 19.3 Å². The number of unbranched alkanes of at least 4 members (excludes halogenated alkanes) is 15. The zero-order chi connectivity index (χ0) is 44.0. The quantitative estimate of drug-likeness (QED) is 0.0178. The maximum Gasteiger partial charge on any atom is 0.472 e. The number of nitrogens with two attached hydrogens (primary N) is 1. The Kier molecular flexibility index (Phi) is 42.1. The second kappa shape index (κ2) is 44.2. The fraction of sp³-hybridized carbons (Fsp3) is 0.673. The van der Waals surface area contributed by atoms with E-state index >= 15 is 0 Å². The van der Waals surface area contributed by atoms with E-state index in [0.717, 1.165) is 44.9 Å². The van der Waals surface area contributed by atoms with Crippen LogP contribution in [0.4, 0.5) is 0 Å². The van der Waals surface area contributed by atoms with Gasteiger partial charge in [0.25, 0.3) is 0 Å². The molecule has 0 bridgehead atoms. The summed E-state index contributed by atoms with van der Waals surface area (Å²) in [7, 11) is -4.43. The molecule has 0 heterocycles. The van der Waals surface area contributed by atoms with Crippen molar-refractivity contribution in [1.29, 1.82) is 0 Å². The largest absolute Gasteiger partial charge is 0.472 e. The Morgan fingerprint density at radius 2 is 1.15 bits per heavy atom. The van der Waals surface area contributed by atoms with E-state index in [2.05, 4.69) is 62.5 Å². The van der Waals surface area contributed by atoms with Crippen LogP contribution in [-0.4, -0.2) is 60.5 Å². The molecule has 0 aliphatic carbocycles. The summed E-state index contributed by atoms with van der Waals surface area (Å²) >= 11 is 0. The van der Waals surface area contributed by atoms with E-state index < -0.39 is 38.6 Å². The molecule has 0 fully saturated rings. The number of aliphatic hydroxyl groups is 1. The predicted molar refractivity (Wildman–Crippen MR) is 248 cm³/mol. The standard InChI is InChI=1S/C49H84NO9P/c1-3-5-7-9-11-13-15-17-18-19-20-21-22-24-26-28-30-32-36-40-48(52)56-44-47(45-58-60(54,55)57-43-42-50)59-49(53)41-37-33-35-39-46(51)38-34-31-29-27-25-23-16-14-12-10-8-6-4-2/h6,8,12,14,17-18,23,25,29,31,33-35,38,46-47,51H,3-5,7,9-11,13,15-16,19-22,24,26-28,30,32,36-37,39-45,50H2,1-2H3,(H,54,55)/b8-6-,14-12-,18-17-,25-23-,31-29-,35-33-,38-34-/t46?,47-/m1/s1. The van der Waals surface area contributed by atoms with Gasteiger partial charge in [-0.2, -0.15) is 0 Å². The van der Waals surface area contributed by atoms with Crippen molar-refractivity contribution in [3.05, 3.63) is 85.1 Å². The predicted octanol–water partition coefficient (Wildman–Crippen LogP) is 12.6. The molecule has 10 nitrogen and oxygen atoms in total. The highest BCUT2D eigenvalue weighted by Gasteiger charge is 2.25. The van der Waals surface area contributed by atoms with Crippen molar-refractivity contribution in [3.8, 4) is 0 Å². The first-order valence-corrected chi connectivity index (χ1v) is 24.7. The van der Waals surface area contributed by atoms with Crippen LogP contribution in [0.15, 0.2) is 85.1 Å². The van der Waals surface area contributed by atoms with Crippen LogP contribution in [0.3, 0.4) is 0 Å². The molecule has 60 heavy (non-hydrogen) atoms. The van der Waals surface area contributed by atoms with E-state index in [4.69, 9.17) is 24.3 Å². The number of carbonyl (C=O) groups is 2. The summed E-state index contributed by atoms with van der Waals surface area (Å²) in [4.78, 5) is 34.9. The maximum atomic E-state index is 12.6. The van der Waals surface area contributed by atoms with Gasteiger partial charge in [-0.15, -0.1) is 0 Å². The van der Waals surface area contributed by atoms with Crippen LogP contribution in [0, 0.1) is 0 Å². The van der Waals surface area contributed by atoms with Crippen molar-refractivity contribution in [2.24, 2.45) is 5.73 Å². The molecule has 3 atom stereocenters. The highest BCUT2D eigenvalue weighted by Crippen LogP contribution is 2.43. The van der Waals surface area contributed by atoms with Crippen LogP contribution in [0.2, 0.25) is 0 Å². The van der Waals surface area contributed by atoms with Crippen molar-refractivity contribution in [2.45, 2.75) is 187 Å². The lowest BCUT2D eigenvalue weighted by Crippen LogP contribution is -2.29. The molecule has 0 rings (SSSR count). The topological polar surface area (TPSA) is 155 Å². The summed E-state index contributed by atoms with van der Waals surface area (Å²) in [5.74, 6) is -1.02. The maximum absolute atomic E-state index is 12.6. The van der Waals surface area contributed by atoms with E-state index in [1.807, 2.05) is 18.2 Å². The number of allylic oxidation sites excluding steroid dienone is 12. The third kappa shape index (κ3) is 43.2. The average Bonchev–Trinajstić information content (AvgIpc) is 3.23. The second-order valence-corrected chi connectivity index (χ2v) is 16.5. The Bertz CT molecular complexity index is 1270. The van der Waals surface area contributed by atoms with Gasteiger partial charge in [-0.1, -0.05) is 176 Å². The highest BCUT2D eigenvalue weighted by molar-refractivity contribution is 7.47. The minimum absolute atomic E-state index is 0.0198. The second-order valence-electron chi connectivity index (χ2n) is 15.1. The molecule has 344 valence electrons. The number of phosphoric ester groups is 1. The summed E-state index contributed by atoms with van der Waals surface area (Å²) in [6.45, 7) is 3.40. The van der Waals surface area contributed by atoms with Crippen LogP contribution in [0.5, 0.6) is 0 Å². The highest BCUT2D eigenvalue weighted by atomic mass is 31.2. The monoisotopic (exact) mass is 862 g/mol. The molecule has 0 saturated carbocycles. The van der Waals surface area contributed by atoms with Gasteiger partial charge in [-0.05, 0) is 70.6 Å². The molecule has 0 amide bonds. The minimum atomic E-state index is -4.43. The normalized spacial score (nSPS) is 14.6. The Labute approximate surface area is 365 Å². The third-order valence-electron chi connectivity index (χ3n) is 9.36. The number of carbonyl (C=O) groups excluding carboxylic acids is 2. The van der Waals surface area contributed by atoms with Crippen molar-refractivity contribution in [2.75, 3.05) is 26.4 Å². The SMILES string of the molecule is CC/C=C\C/C=C\C/C=C\C/C=C\C=C/C(O)C/C=C\CCC(=O)O[C@H](COC(=O)CCCCCCCCCCC/C=C\CCCCCCCC)COP(=O)(O)OCCN. The molecule has 0 spiro atoms. The number of hydrogen-bond donors (Lipinski definition) is 3. The number of esters is 2. The first-order valence-electron chi connectivity index (χ1n) is 23.2. The minimum Gasteiger partial charge on any atom is -0.462 e. The van der Waals surface area contributed by atoms with Crippen LogP contribution < -0.4 is 5.73 Å². The van der Waals surface area contributed by atoms with Gasteiger partial charge < -0.3 is 25.2 Å². The lowest BCUT2D eigenvalue weighted by atomic mass is 10.1. The van der Waals surface area contributed by atoms with E-state index in [9.17, 15) is 24.2 Å². The summed E-state index contributed by atoms with van der Waals surface area (Å²) in [5.41, 5.74) is 5.34. The zero-order valence-electron chi connectivity index (χ0n) is 37.5. The molecule has 0 aromatic rings. The van der Waals surface area contributed by atoms with Gasteiger partial charge in [0.15, 0.2) is 6.10 Å².